The highest BCUT2D eigenvalue weighted by molar-refractivity contribution is 6.32. The topological polar surface area (TPSA) is 50.8 Å². The molecule has 124 valence electrons. The molecule has 23 heavy (non-hydrogen) atoms. The Balaban J connectivity index is 1.53. The number of hydrogen-bond donors (Lipinski definition) is 1. The lowest BCUT2D eigenvalue weighted by Crippen LogP contribution is -2.43. The summed E-state index contributed by atoms with van der Waals surface area (Å²) in [6, 6.07) is 4.43. The van der Waals surface area contributed by atoms with Crippen LogP contribution in [0.3, 0.4) is 0 Å². The van der Waals surface area contributed by atoms with E-state index in [1.54, 1.807) is 0 Å². The van der Waals surface area contributed by atoms with Gasteiger partial charge in [0.15, 0.2) is 11.5 Å². The molecule has 0 radical (unpaired) electrons. The molecule has 0 saturated carbocycles. The van der Waals surface area contributed by atoms with Crippen LogP contribution in [0.5, 0.6) is 11.5 Å². The van der Waals surface area contributed by atoms with Gasteiger partial charge in [-0.3, -0.25) is 4.79 Å². The van der Waals surface area contributed by atoms with Crippen LogP contribution in [0.25, 0.3) is 0 Å². The summed E-state index contributed by atoms with van der Waals surface area (Å²) < 4.78 is 11.1. The first-order valence-electron chi connectivity index (χ1n) is 8.32. The fourth-order valence-electron chi connectivity index (χ4n) is 3.92. The number of ether oxygens (including phenoxy) is 2. The summed E-state index contributed by atoms with van der Waals surface area (Å²) >= 11 is 6.27. The number of benzene rings is 1. The highest BCUT2D eigenvalue weighted by Crippen LogP contribution is 2.38. The van der Waals surface area contributed by atoms with Gasteiger partial charge in [0, 0.05) is 18.6 Å². The van der Waals surface area contributed by atoms with Crippen molar-refractivity contribution in [2.75, 3.05) is 26.3 Å². The highest BCUT2D eigenvalue weighted by Gasteiger charge is 2.37. The number of hydrogen-bond acceptors (Lipinski definition) is 4. The van der Waals surface area contributed by atoms with E-state index in [0.29, 0.717) is 48.2 Å². The van der Waals surface area contributed by atoms with E-state index in [4.69, 9.17) is 21.1 Å². The van der Waals surface area contributed by atoms with E-state index in [0.717, 1.165) is 37.9 Å². The van der Waals surface area contributed by atoms with Gasteiger partial charge in [0.1, 0.15) is 13.2 Å². The van der Waals surface area contributed by atoms with Crippen molar-refractivity contribution in [1.82, 2.24) is 10.2 Å². The summed E-state index contributed by atoms with van der Waals surface area (Å²) in [5.74, 6) is 1.43. The number of nitrogens with one attached hydrogen (secondary N) is 1. The molecule has 2 bridgehead atoms. The van der Waals surface area contributed by atoms with Crippen LogP contribution in [0.4, 0.5) is 0 Å². The van der Waals surface area contributed by atoms with Crippen LogP contribution in [-0.4, -0.2) is 49.2 Å². The molecular weight excluding hydrogens is 316 g/mol. The zero-order chi connectivity index (χ0) is 15.8. The maximum Gasteiger partial charge on any atom is 0.227 e. The quantitative estimate of drug-likeness (QED) is 0.897. The van der Waals surface area contributed by atoms with E-state index >= 15 is 0 Å². The second kappa shape index (κ2) is 6.21. The van der Waals surface area contributed by atoms with Crippen molar-refractivity contribution < 1.29 is 14.3 Å². The first-order chi connectivity index (χ1) is 11.2. The molecule has 3 aliphatic rings. The monoisotopic (exact) mass is 336 g/mol. The fraction of sp³-hybridized carbons (Fsp3) is 0.588. The van der Waals surface area contributed by atoms with Crippen molar-refractivity contribution in [2.45, 2.75) is 37.8 Å². The number of halogens is 1. The van der Waals surface area contributed by atoms with Gasteiger partial charge in [-0.15, -0.1) is 0 Å². The normalized spacial score (nSPS) is 26.0. The molecule has 0 spiro atoms. The van der Waals surface area contributed by atoms with Crippen LogP contribution >= 0.6 is 11.6 Å². The molecule has 5 nitrogen and oxygen atoms in total. The third-order valence-corrected chi connectivity index (χ3v) is 5.23. The number of carbonyl (C=O) groups excluding carboxylic acids is 1. The van der Waals surface area contributed by atoms with Crippen LogP contribution in [0.1, 0.15) is 24.8 Å². The third-order valence-electron chi connectivity index (χ3n) is 4.95. The Kier molecular flexibility index (Phi) is 4.07. The Labute approximate surface area is 140 Å². The average Bonchev–Trinajstić information content (AvgIpc) is 2.80. The molecule has 1 aromatic carbocycles. The number of amides is 1. The molecule has 3 heterocycles. The van der Waals surface area contributed by atoms with E-state index in [1.807, 2.05) is 12.1 Å². The van der Waals surface area contributed by atoms with Crippen molar-refractivity contribution in [2.24, 2.45) is 0 Å². The molecule has 1 N–H and O–H groups in total. The zero-order valence-corrected chi connectivity index (χ0v) is 13.8. The molecule has 0 aromatic heterocycles. The second-order valence-corrected chi connectivity index (χ2v) is 6.86. The van der Waals surface area contributed by atoms with Crippen molar-refractivity contribution in [3.63, 3.8) is 0 Å². The molecule has 2 saturated heterocycles. The second-order valence-electron chi connectivity index (χ2n) is 6.46. The maximum atomic E-state index is 12.8. The lowest BCUT2D eigenvalue weighted by Gasteiger charge is -2.28. The van der Waals surface area contributed by atoms with Crippen LogP contribution in [0.2, 0.25) is 5.02 Å². The fourth-order valence-corrected chi connectivity index (χ4v) is 4.21. The zero-order valence-electron chi connectivity index (χ0n) is 13.0. The van der Waals surface area contributed by atoms with Crippen LogP contribution < -0.4 is 14.8 Å². The first kappa shape index (κ1) is 15.1. The predicted octanol–water partition coefficient (Wildman–Crippen LogP) is 2.01. The summed E-state index contributed by atoms with van der Waals surface area (Å²) in [4.78, 5) is 14.9. The Morgan fingerprint density at radius 2 is 2.04 bits per heavy atom. The SMILES string of the molecule is O=C(Cc1cc(Cl)c2c(c1)OCCO2)N1C2CCNCC1CC2. The van der Waals surface area contributed by atoms with Crippen LogP contribution in [0, 0.1) is 0 Å². The van der Waals surface area contributed by atoms with Crippen LogP contribution in [-0.2, 0) is 11.2 Å². The van der Waals surface area contributed by atoms with Crippen molar-refractivity contribution in [1.29, 1.82) is 0 Å². The highest BCUT2D eigenvalue weighted by atomic mass is 35.5. The molecule has 2 unspecified atom stereocenters. The van der Waals surface area contributed by atoms with Crippen molar-refractivity contribution in [3.8, 4) is 11.5 Å². The van der Waals surface area contributed by atoms with Gasteiger partial charge >= 0.3 is 0 Å². The summed E-state index contributed by atoms with van der Waals surface area (Å²) in [6.07, 6.45) is 3.64. The average molecular weight is 337 g/mol. The largest absolute Gasteiger partial charge is 0.486 e. The van der Waals surface area contributed by atoms with E-state index in [-0.39, 0.29) is 5.91 Å². The Morgan fingerprint density at radius 3 is 2.96 bits per heavy atom. The minimum Gasteiger partial charge on any atom is -0.486 e. The standard InChI is InChI=1S/C17H21ClN2O3/c18-14-7-11(8-15-17(14)23-6-5-22-15)9-16(21)20-12-1-2-13(20)10-19-4-3-12/h7-8,12-13,19H,1-6,9-10H2. The van der Waals surface area contributed by atoms with Gasteiger partial charge in [-0.1, -0.05) is 11.6 Å². The lowest BCUT2D eigenvalue weighted by molar-refractivity contribution is -0.133. The molecule has 6 heteroatoms. The minimum atomic E-state index is 0.189. The molecule has 1 amide bonds. The summed E-state index contributed by atoms with van der Waals surface area (Å²) in [5, 5.41) is 3.94. The minimum absolute atomic E-state index is 0.189. The molecule has 3 aliphatic heterocycles. The Bertz CT molecular complexity index is 608. The third kappa shape index (κ3) is 2.88. The molecule has 0 aliphatic carbocycles. The van der Waals surface area contributed by atoms with E-state index < -0.39 is 0 Å². The number of nitrogens with zero attached hydrogens (tertiary/aromatic N) is 1. The lowest BCUT2D eigenvalue weighted by atomic mass is 10.1. The van der Waals surface area contributed by atoms with Gasteiger partial charge in [-0.25, -0.2) is 0 Å². The van der Waals surface area contributed by atoms with Crippen molar-refractivity contribution in [3.05, 3.63) is 22.7 Å². The summed E-state index contributed by atoms with van der Waals surface area (Å²) in [5.41, 5.74) is 0.890. The van der Waals surface area contributed by atoms with Gasteiger partial charge in [-0.2, -0.15) is 0 Å². The molecular formula is C17H21ClN2O3. The molecule has 2 fully saturated rings. The first-order valence-corrected chi connectivity index (χ1v) is 8.70. The van der Waals surface area contributed by atoms with Gasteiger partial charge in [0.25, 0.3) is 0 Å². The Hall–Kier alpha value is -1.46. The van der Waals surface area contributed by atoms with E-state index in [1.165, 1.54) is 0 Å². The number of carbonyl (C=O) groups is 1. The van der Waals surface area contributed by atoms with Crippen molar-refractivity contribution >= 4 is 17.5 Å². The summed E-state index contributed by atoms with van der Waals surface area (Å²) in [7, 11) is 0. The Morgan fingerprint density at radius 1 is 1.22 bits per heavy atom. The smallest absolute Gasteiger partial charge is 0.227 e. The van der Waals surface area contributed by atoms with Gasteiger partial charge < -0.3 is 19.7 Å². The molecule has 2 atom stereocenters. The molecule has 4 rings (SSSR count). The van der Waals surface area contributed by atoms with Gasteiger partial charge in [0.2, 0.25) is 5.91 Å². The van der Waals surface area contributed by atoms with Gasteiger partial charge in [-0.05, 0) is 43.5 Å². The molecule has 1 aromatic rings. The van der Waals surface area contributed by atoms with Crippen LogP contribution in [0.15, 0.2) is 12.1 Å². The summed E-state index contributed by atoms with van der Waals surface area (Å²) in [6.45, 7) is 2.93. The maximum absolute atomic E-state index is 12.8. The van der Waals surface area contributed by atoms with Gasteiger partial charge in [0.05, 0.1) is 11.4 Å². The van der Waals surface area contributed by atoms with E-state index in [9.17, 15) is 4.79 Å². The number of rotatable bonds is 2. The predicted molar refractivity (Wildman–Crippen MR) is 87.3 cm³/mol. The number of fused-ring (bicyclic) bond motifs is 3. The van der Waals surface area contributed by atoms with E-state index in [2.05, 4.69) is 10.2 Å².